The van der Waals surface area contributed by atoms with Gasteiger partial charge in [0.2, 0.25) is 0 Å². The highest BCUT2D eigenvalue weighted by Gasteiger charge is 2.27. The Bertz CT molecular complexity index is 313. The van der Waals surface area contributed by atoms with Crippen LogP contribution < -0.4 is 5.32 Å². The first-order valence-corrected chi connectivity index (χ1v) is 7.48. The summed E-state index contributed by atoms with van der Waals surface area (Å²) in [5.74, 6) is 0. The fourth-order valence-corrected chi connectivity index (χ4v) is 3.10. The van der Waals surface area contributed by atoms with Crippen molar-refractivity contribution in [1.82, 2.24) is 10.2 Å². The predicted molar refractivity (Wildman–Crippen MR) is 75.7 cm³/mol. The Kier molecular flexibility index (Phi) is 4.60. The fraction of sp³-hybridized carbons (Fsp3) is 0.714. The second-order valence-electron chi connectivity index (χ2n) is 5.62. The van der Waals surface area contributed by atoms with E-state index in [2.05, 4.69) is 41.7 Å². The van der Waals surface area contributed by atoms with Crippen molar-refractivity contribution in [3.8, 4) is 0 Å². The molecule has 0 radical (unpaired) electrons. The summed E-state index contributed by atoms with van der Waals surface area (Å²) in [5.41, 5.74) is 0.516. The summed E-state index contributed by atoms with van der Waals surface area (Å²) in [5, 5.41) is 5.80. The molecular formula is C14H24N2S. The molecule has 1 aliphatic rings. The van der Waals surface area contributed by atoms with E-state index in [1.54, 1.807) is 0 Å². The van der Waals surface area contributed by atoms with Crippen LogP contribution in [-0.2, 0) is 6.42 Å². The van der Waals surface area contributed by atoms with Crippen LogP contribution in [0, 0.1) is 5.41 Å². The highest BCUT2D eigenvalue weighted by atomic mass is 32.1. The van der Waals surface area contributed by atoms with Gasteiger partial charge < -0.3 is 10.2 Å². The Hall–Kier alpha value is -0.380. The molecule has 0 aromatic carbocycles. The molecule has 1 saturated heterocycles. The van der Waals surface area contributed by atoms with Crippen molar-refractivity contribution >= 4 is 11.3 Å². The van der Waals surface area contributed by atoms with Crippen LogP contribution >= 0.6 is 11.3 Å². The van der Waals surface area contributed by atoms with Crippen LogP contribution in [0.2, 0.25) is 0 Å². The van der Waals surface area contributed by atoms with Crippen molar-refractivity contribution < 1.29 is 0 Å². The zero-order chi connectivity index (χ0) is 12.1. The van der Waals surface area contributed by atoms with Gasteiger partial charge in [0, 0.05) is 11.4 Å². The second kappa shape index (κ2) is 5.98. The standard InChI is InChI=1S/C14H24N2S/c1-14(6-9-16(2)10-7-14)12-15-8-5-13-4-3-11-17-13/h3-4,11,15H,5-10,12H2,1-2H3. The maximum atomic E-state index is 3.64. The fourth-order valence-electron chi connectivity index (χ4n) is 2.39. The van der Waals surface area contributed by atoms with Crippen molar-refractivity contribution in [2.24, 2.45) is 5.41 Å². The van der Waals surface area contributed by atoms with Crippen molar-refractivity contribution in [2.45, 2.75) is 26.2 Å². The predicted octanol–water partition coefficient (Wildman–Crippen LogP) is 2.61. The highest BCUT2D eigenvalue weighted by molar-refractivity contribution is 7.09. The molecule has 0 spiro atoms. The van der Waals surface area contributed by atoms with Crippen molar-refractivity contribution in [1.29, 1.82) is 0 Å². The van der Waals surface area contributed by atoms with Gasteiger partial charge in [-0.3, -0.25) is 0 Å². The normalized spacial score (nSPS) is 20.6. The quantitative estimate of drug-likeness (QED) is 0.810. The van der Waals surface area contributed by atoms with E-state index in [0.717, 1.165) is 6.54 Å². The molecule has 0 bridgehead atoms. The maximum Gasteiger partial charge on any atom is 0.00578 e. The van der Waals surface area contributed by atoms with Crippen LogP contribution in [-0.4, -0.2) is 38.1 Å². The number of nitrogens with zero attached hydrogens (tertiary/aromatic N) is 1. The molecule has 17 heavy (non-hydrogen) atoms. The molecule has 2 rings (SSSR count). The van der Waals surface area contributed by atoms with E-state index in [9.17, 15) is 0 Å². The average Bonchev–Trinajstić information content (AvgIpc) is 2.82. The molecule has 1 aliphatic heterocycles. The molecular weight excluding hydrogens is 228 g/mol. The molecule has 1 N–H and O–H groups in total. The van der Waals surface area contributed by atoms with Gasteiger partial charge in [0.25, 0.3) is 0 Å². The molecule has 2 nitrogen and oxygen atoms in total. The van der Waals surface area contributed by atoms with E-state index in [1.165, 1.54) is 43.8 Å². The van der Waals surface area contributed by atoms with Crippen molar-refractivity contribution in [2.75, 3.05) is 33.2 Å². The Balaban J connectivity index is 1.64. The zero-order valence-electron chi connectivity index (χ0n) is 11.0. The minimum Gasteiger partial charge on any atom is -0.316 e. The lowest BCUT2D eigenvalue weighted by Crippen LogP contribution is -2.42. The Labute approximate surface area is 109 Å². The Morgan fingerprint density at radius 1 is 1.41 bits per heavy atom. The zero-order valence-corrected chi connectivity index (χ0v) is 11.9. The van der Waals surface area contributed by atoms with Crippen molar-refractivity contribution in [3.05, 3.63) is 22.4 Å². The highest BCUT2D eigenvalue weighted by Crippen LogP contribution is 2.29. The van der Waals surface area contributed by atoms with E-state index in [4.69, 9.17) is 0 Å². The van der Waals surface area contributed by atoms with Gasteiger partial charge in [-0.25, -0.2) is 0 Å². The van der Waals surface area contributed by atoms with Gasteiger partial charge >= 0.3 is 0 Å². The summed E-state index contributed by atoms with van der Waals surface area (Å²) >= 11 is 1.86. The molecule has 3 heteroatoms. The first-order valence-electron chi connectivity index (χ1n) is 6.60. The number of hydrogen-bond donors (Lipinski definition) is 1. The topological polar surface area (TPSA) is 15.3 Å². The van der Waals surface area contributed by atoms with Gasteiger partial charge in [-0.1, -0.05) is 13.0 Å². The minimum absolute atomic E-state index is 0.516. The first kappa shape index (κ1) is 13.1. The van der Waals surface area contributed by atoms with E-state index in [-0.39, 0.29) is 0 Å². The third-order valence-corrected chi connectivity index (χ3v) is 4.81. The summed E-state index contributed by atoms with van der Waals surface area (Å²) < 4.78 is 0. The largest absolute Gasteiger partial charge is 0.316 e. The van der Waals surface area contributed by atoms with Crippen LogP contribution in [0.4, 0.5) is 0 Å². The molecule has 96 valence electrons. The van der Waals surface area contributed by atoms with E-state index in [1.807, 2.05) is 11.3 Å². The molecule has 0 saturated carbocycles. The van der Waals surface area contributed by atoms with E-state index < -0.39 is 0 Å². The molecule has 1 aromatic rings. The molecule has 0 amide bonds. The van der Waals surface area contributed by atoms with Gasteiger partial charge in [0.1, 0.15) is 0 Å². The summed E-state index contributed by atoms with van der Waals surface area (Å²) in [7, 11) is 2.23. The number of piperidine rings is 1. The van der Waals surface area contributed by atoms with Gasteiger partial charge in [0.15, 0.2) is 0 Å². The van der Waals surface area contributed by atoms with Crippen LogP contribution in [0.1, 0.15) is 24.6 Å². The third kappa shape index (κ3) is 4.09. The van der Waals surface area contributed by atoms with Crippen LogP contribution in [0.3, 0.4) is 0 Å². The summed E-state index contributed by atoms with van der Waals surface area (Å²) in [6, 6.07) is 4.36. The van der Waals surface area contributed by atoms with Gasteiger partial charge in [-0.2, -0.15) is 0 Å². The van der Waals surface area contributed by atoms with Gasteiger partial charge in [0.05, 0.1) is 0 Å². The smallest absolute Gasteiger partial charge is 0.00578 e. The number of hydrogen-bond acceptors (Lipinski definition) is 3. The SMILES string of the molecule is CN1CCC(C)(CNCCc2cccs2)CC1. The van der Waals surface area contributed by atoms with Crippen LogP contribution in [0.15, 0.2) is 17.5 Å². The third-order valence-electron chi connectivity index (χ3n) is 3.87. The summed E-state index contributed by atoms with van der Waals surface area (Å²) in [6.45, 7) is 7.22. The van der Waals surface area contributed by atoms with Gasteiger partial charge in [-0.05, 0) is 62.8 Å². The number of likely N-dealkylation sites (tertiary alicyclic amines) is 1. The van der Waals surface area contributed by atoms with E-state index >= 15 is 0 Å². The molecule has 2 heterocycles. The Morgan fingerprint density at radius 2 is 2.18 bits per heavy atom. The molecule has 0 atom stereocenters. The summed E-state index contributed by atoms with van der Waals surface area (Å²) in [4.78, 5) is 3.93. The lowest BCUT2D eigenvalue weighted by molar-refractivity contribution is 0.137. The number of nitrogens with one attached hydrogen (secondary N) is 1. The monoisotopic (exact) mass is 252 g/mol. The lowest BCUT2D eigenvalue weighted by atomic mass is 9.80. The second-order valence-corrected chi connectivity index (χ2v) is 6.65. The molecule has 0 unspecified atom stereocenters. The minimum atomic E-state index is 0.516. The average molecular weight is 252 g/mol. The van der Waals surface area contributed by atoms with E-state index in [0.29, 0.717) is 5.41 Å². The first-order chi connectivity index (χ1) is 8.18. The number of thiophene rings is 1. The van der Waals surface area contributed by atoms with Gasteiger partial charge in [-0.15, -0.1) is 11.3 Å². The van der Waals surface area contributed by atoms with Crippen molar-refractivity contribution in [3.63, 3.8) is 0 Å². The molecule has 1 fully saturated rings. The summed E-state index contributed by atoms with van der Waals surface area (Å²) in [6.07, 6.45) is 3.83. The maximum absolute atomic E-state index is 3.64. The molecule has 0 aliphatic carbocycles. The Morgan fingerprint density at radius 3 is 2.82 bits per heavy atom. The van der Waals surface area contributed by atoms with Crippen LogP contribution in [0.25, 0.3) is 0 Å². The molecule has 1 aromatic heterocycles. The van der Waals surface area contributed by atoms with Crippen LogP contribution in [0.5, 0.6) is 0 Å². The lowest BCUT2D eigenvalue weighted by Gasteiger charge is -2.38. The number of rotatable bonds is 5.